The van der Waals surface area contributed by atoms with E-state index < -0.39 is 5.54 Å². The Morgan fingerprint density at radius 3 is 2.67 bits per heavy atom. The molecule has 0 spiro atoms. The van der Waals surface area contributed by atoms with Gasteiger partial charge in [-0.3, -0.25) is 9.59 Å². The minimum absolute atomic E-state index is 0.0472. The maximum absolute atomic E-state index is 14.2. The minimum Gasteiger partial charge on any atom is -0.350 e. The molecule has 0 saturated carbocycles. The summed E-state index contributed by atoms with van der Waals surface area (Å²) >= 11 is 0. The van der Waals surface area contributed by atoms with Gasteiger partial charge in [0.1, 0.15) is 5.82 Å². The van der Waals surface area contributed by atoms with Crippen LogP contribution in [0.3, 0.4) is 0 Å². The van der Waals surface area contributed by atoms with Crippen molar-refractivity contribution < 1.29 is 14.0 Å². The zero-order valence-corrected chi connectivity index (χ0v) is 18.7. The Bertz CT molecular complexity index is 1190. The Hall–Kier alpha value is -3.21. The number of carbonyl (C=O) groups excluding carboxylic acids is 2. The lowest BCUT2D eigenvalue weighted by Crippen LogP contribution is -2.44. The van der Waals surface area contributed by atoms with Crippen molar-refractivity contribution in [3.8, 4) is 0 Å². The van der Waals surface area contributed by atoms with E-state index in [1.165, 1.54) is 22.4 Å². The quantitative estimate of drug-likeness (QED) is 0.584. The van der Waals surface area contributed by atoms with Crippen LogP contribution in [-0.4, -0.2) is 35.3 Å². The SMILES string of the molecule is O=C1CCC(CCC(=O)N2CCC(c3ccccc3F)C2)(Cc2cccc3ccccc23)N1. The highest BCUT2D eigenvalue weighted by atomic mass is 19.1. The number of halogens is 1. The molecular formula is C28H29FN2O2. The molecule has 5 rings (SSSR count). The molecule has 2 unspecified atom stereocenters. The van der Waals surface area contributed by atoms with E-state index in [1.807, 2.05) is 29.2 Å². The number of rotatable bonds is 6. The van der Waals surface area contributed by atoms with E-state index in [-0.39, 0.29) is 23.5 Å². The number of nitrogens with zero attached hydrogens (tertiary/aromatic N) is 1. The average molecular weight is 445 g/mol. The summed E-state index contributed by atoms with van der Waals surface area (Å²) < 4.78 is 14.2. The van der Waals surface area contributed by atoms with Crippen molar-refractivity contribution in [1.82, 2.24) is 10.2 Å². The van der Waals surface area contributed by atoms with Crippen LogP contribution in [0.5, 0.6) is 0 Å². The van der Waals surface area contributed by atoms with Crippen LogP contribution >= 0.6 is 0 Å². The molecule has 2 aliphatic heterocycles. The molecule has 0 aromatic heterocycles. The third kappa shape index (κ3) is 4.50. The van der Waals surface area contributed by atoms with E-state index in [0.717, 1.165) is 12.8 Å². The zero-order chi connectivity index (χ0) is 22.8. The molecule has 0 aliphatic carbocycles. The molecule has 0 bridgehead atoms. The monoisotopic (exact) mass is 444 g/mol. The van der Waals surface area contributed by atoms with Gasteiger partial charge >= 0.3 is 0 Å². The van der Waals surface area contributed by atoms with Gasteiger partial charge in [0, 0.05) is 37.4 Å². The summed E-state index contributed by atoms with van der Waals surface area (Å²) in [4.78, 5) is 27.1. The molecule has 2 saturated heterocycles. The van der Waals surface area contributed by atoms with Crippen LogP contribution in [0.15, 0.2) is 66.7 Å². The van der Waals surface area contributed by atoms with E-state index in [4.69, 9.17) is 0 Å². The second-order valence-corrected chi connectivity index (χ2v) is 9.49. The fourth-order valence-corrected chi connectivity index (χ4v) is 5.54. The van der Waals surface area contributed by atoms with Gasteiger partial charge in [-0.15, -0.1) is 0 Å². The molecule has 2 amide bonds. The number of nitrogens with one attached hydrogen (secondary N) is 1. The van der Waals surface area contributed by atoms with E-state index in [2.05, 4.69) is 35.6 Å². The summed E-state index contributed by atoms with van der Waals surface area (Å²) in [5.41, 5.74) is 1.49. The predicted molar refractivity (Wildman–Crippen MR) is 127 cm³/mol. The number of amides is 2. The van der Waals surface area contributed by atoms with Crippen molar-refractivity contribution >= 4 is 22.6 Å². The summed E-state index contributed by atoms with van der Waals surface area (Å²) in [5, 5.41) is 5.59. The Morgan fingerprint density at radius 1 is 1.06 bits per heavy atom. The second kappa shape index (κ2) is 8.97. The van der Waals surface area contributed by atoms with Crippen molar-refractivity contribution in [2.75, 3.05) is 13.1 Å². The number of carbonyl (C=O) groups is 2. The topological polar surface area (TPSA) is 49.4 Å². The molecule has 3 aromatic carbocycles. The van der Waals surface area contributed by atoms with E-state index >= 15 is 0 Å². The Balaban J connectivity index is 1.28. The molecule has 2 fully saturated rings. The van der Waals surface area contributed by atoms with Crippen LogP contribution < -0.4 is 5.32 Å². The second-order valence-electron chi connectivity index (χ2n) is 9.49. The summed E-state index contributed by atoms with van der Waals surface area (Å²) in [6.45, 7) is 1.21. The Morgan fingerprint density at radius 2 is 1.85 bits per heavy atom. The normalized spacial score (nSPS) is 22.6. The summed E-state index contributed by atoms with van der Waals surface area (Å²) in [6.07, 6.45) is 3.73. The van der Waals surface area contributed by atoms with Gasteiger partial charge in [-0.05, 0) is 53.6 Å². The highest BCUT2D eigenvalue weighted by Gasteiger charge is 2.39. The molecule has 4 nitrogen and oxygen atoms in total. The molecule has 170 valence electrons. The molecule has 3 aromatic rings. The summed E-state index contributed by atoms with van der Waals surface area (Å²) in [6, 6.07) is 21.4. The van der Waals surface area contributed by atoms with Crippen LogP contribution in [0.1, 0.15) is 49.1 Å². The highest BCUT2D eigenvalue weighted by molar-refractivity contribution is 5.86. The summed E-state index contributed by atoms with van der Waals surface area (Å²) in [5.74, 6) is 0.00115. The maximum atomic E-state index is 14.2. The third-order valence-electron chi connectivity index (χ3n) is 7.35. The molecular weight excluding hydrogens is 415 g/mol. The minimum atomic E-state index is -0.401. The van der Waals surface area contributed by atoms with Crippen molar-refractivity contribution in [1.29, 1.82) is 0 Å². The number of likely N-dealkylation sites (tertiary alicyclic amines) is 1. The first-order valence-corrected chi connectivity index (χ1v) is 11.8. The smallest absolute Gasteiger partial charge is 0.222 e. The molecule has 5 heteroatoms. The summed E-state index contributed by atoms with van der Waals surface area (Å²) in [7, 11) is 0. The van der Waals surface area contributed by atoms with Crippen LogP contribution in [0, 0.1) is 5.82 Å². The van der Waals surface area contributed by atoms with E-state index in [1.54, 1.807) is 6.07 Å². The largest absolute Gasteiger partial charge is 0.350 e. The van der Waals surface area contributed by atoms with Crippen LogP contribution in [0.4, 0.5) is 4.39 Å². The fourth-order valence-electron chi connectivity index (χ4n) is 5.54. The van der Waals surface area contributed by atoms with Crippen LogP contribution in [0.25, 0.3) is 10.8 Å². The van der Waals surface area contributed by atoms with Crippen molar-refractivity contribution in [3.05, 3.63) is 83.7 Å². The number of hydrogen-bond acceptors (Lipinski definition) is 2. The number of benzene rings is 3. The standard InChI is InChI=1S/C28H29FN2O2/c29-25-11-4-3-10-24(25)22-14-17-31(19-22)27(33)13-16-28(15-12-26(32)30-28)18-21-8-5-7-20-6-1-2-9-23(20)21/h1-11,22H,12-19H2,(H,30,32). The lowest BCUT2D eigenvalue weighted by Gasteiger charge is -2.30. The van der Waals surface area contributed by atoms with Crippen molar-refractivity contribution in [3.63, 3.8) is 0 Å². The van der Waals surface area contributed by atoms with Gasteiger partial charge in [0.05, 0.1) is 0 Å². The molecule has 2 atom stereocenters. The van der Waals surface area contributed by atoms with E-state index in [9.17, 15) is 14.0 Å². The van der Waals surface area contributed by atoms with Gasteiger partial charge in [-0.1, -0.05) is 60.7 Å². The number of hydrogen-bond donors (Lipinski definition) is 1. The average Bonchev–Trinajstić information content (AvgIpc) is 3.46. The van der Waals surface area contributed by atoms with Gasteiger partial charge in [-0.2, -0.15) is 0 Å². The first-order valence-electron chi connectivity index (χ1n) is 11.8. The molecule has 1 N–H and O–H groups in total. The van der Waals surface area contributed by atoms with Crippen LogP contribution in [0.2, 0.25) is 0 Å². The highest BCUT2D eigenvalue weighted by Crippen LogP contribution is 2.34. The molecule has 2 aliphatic rings. The lowest BCUT2D eigenvalue weighted by molar-refractivity contribution is -0.131. The zero-order valence-electron chi connectivity index (χ0n) is 18.7. The third-order valence-corrected chi connectivity index (χ3v) is 7.35. The van der Waals surface area contributed by atoms with Gasteiger partial charge in [-0.25, -0.2) is 4.39 Å². The van der Waals surface area contributed by atoms with Gasteiger partial charge in [0.25, 0.3) is 0 Å². The van der Waals surface area contributed by atoms with Gasteiger partial charge < -0.3 is 10.2 Å². The Kier molecular flexibility index (Phi) is 5.88. The van der Waals surface area contributed by atoms with Gasteiger partial charge in [0.15, 0.2) is 0 Å². The van der Waals surface area contributed by atoms with Crippen LogP contribution in [-0.2, 0) is 16.0 Å². The first kappa shape index (κ1) is 21.6. The maximum Gasteiger partial charge on any atom is 0.222 e. The molecule has 0 radical (unpaired) electrons. The first-order chi connectivity index (χ1) is 16.0. The lowest BCUT2D eigenvalue weighted by atomic mass is 9.83. The molecule has 33 heavy (non-hydrogen) atoms. The predicted octanol–water partition coefficient (Wildman–Crippen LogP) is 4.97. The number of fused-ring (bicyclic) bond motifs is 1. The fraction of sp³-hybridized carbons (Fsp3) is 0.357. The molecule has 2 heterocycles. The van der Waals surface area contributed by atoms with Crippen molar-refractivity contribution in [2.45, 2.75) is 50.0 Å². The van der Waals surface area contributed by atoms with Crippen molar-refractivity contribution in [2.24, 2.45) is 0 Å². The Labute approximate surface area is 193 Å². The van der Waals surface area contributed by atoms with Gasteiger partial charge in [0.2, 0.25) is 11.8 Å². The van der Waals surface area contributed by atoms with E-state index in [0.29, 0.717) is 44.3 Å².